The van der Waals surface area contributed by atoms with Crippen molar-refractivity contribution in [3.8, 4) is 0 Å². The summed E-state index contributed by atoms with van der Waals surface area (Å²) >= 11 is 0. The lowest BCUT2D eigenvalue weighted by atomic mass is 10.1. The van der Waals surface area contributed by atoms with Gasteiger partial charge in [-0.3, -0.25) is 14.9 Å². The van der Waals surface area contributed by atoms with E-state index in [2.05, 4.69) is 5.32 Å². The van der Waals surface area contributed by atoms with Gasteiger partial charge in [-0.05, 0) is 32.4 Å². The Labute approximate surface area is 122 Å². The molecule has 1 aliphatic heterocycles. The summed E-state index contributed by atoms with van der Waals surface area (Å²) in [5.74, 6) is -1.18. The predicted molar refractivity (Wildman–Crippen MR) is 75.8 cm³/mol. The zero-order valence-corrected chi connectivity index (χ0v) is 12.1. The lowest BCUT2D eigenvalue weighted by molar-refractivity contribution is -0.385. The highest BCUT2D eigenvalue weighted by Gasteiger charge is 2.29. The van der Waals surface area contributed by atoms with Crippen LogP contribution in [-0.4, -0.2) is 41.4 Å². The van der Waals surface area contributed by atoms with E-state index in [0.29, 0.717) is 13.1 Å². The number of nitro groups is 1. The van der Waals surface area contributed by atoms with E-state index < -0.39 is 16.6 Å². The third kappa shape index (κ3) is 3.02. The Kier molecular flexibility index (Phi) is 4.52. The number of hydrogen-bond donors (Lipinski definition) is 1. The van der Waals surface area contributed by atoms with E-state index in [0.717, 1.165) is 25.1 Å². The molecule has 1 N–H and O–H groups in total. The number of amides is 1. The van der Waals surface area contributed by atoms with E-state index in [9.17, 15) is 19.3 Å². The van der Waals surface area contributed by atoms with Gasteiger partial charge >= 0.3 is 0 Å². The van der Waals surface area contributed by atoms with Gasteiger partial charge in [0, 0.05) is 31.3 Å². The number of nitro benzene ring substituents is 1. The lowest BCUT2D eigenvalue weighted by Gasteiger charge is -2.27. The molecule has 7 heteroatoms. The molecule has 1 saturated heterocycles. The fraction of sp³-hybridized carbons (Fsp3) is 0.500. The van der Waals surface area contributed by atoms with Crippen molar-refractivity contribution in [3.63, 3.8) is 0 Å². The quantitative estimate of drug-likeness (QED) is 0.679. The fourth-order valence-electron chi connectivity index (χ4n) is 2.64. The van der Waals surface area contributed by atoms with Gasteiger partial charge in [0.1, 0.15) is 5.82 Å². The molecule has 1 atom stereocenters. The number of non-ortho nitro benzene ring substituents is 1. The number of nitrogens with zero attached hydrogens (tertiary/aromatic N) is 2. The van der Waals surface area contributed by atoms with Gasteiger partial charge < -0.3 is 10.2 Å². The normalized spacial score (nSPS) is 17.8. The number of nitrogens with one attached hydrogen (secondary N) is 1. The maximum Gasteiger partial charge on any atom is 0.270 e. The van der Waals surface area contributed by atoms with Crippen LogP contribution in [0.15, 0.2) is 12.1 Å². The minimum atomic E-state index is -0.685. The number of aryl methyl sites for hydroxylation is 1. The number of halogens is 1. The first-order valence-electron chi connectivity index (χ1n) is 6.92. The maximum atomic E-state index is 14.2. The molecule has 0 bridgehead atoms. The predicted octanol–water partition coefficient (Wildman–Crippen LogP) is 1.87. The Morgan fingerprint density at radius 3 is 2.81 bits per heavy atom. The van der Waals surface area contributed by atoms with Crippen molar-refractivity contribution >= 4 is 11.6 Å². The Balaban J connectivity index is 2.39. The topological polar surface area (TPSA) is 75.5 Å². The van der Waals surface area contributed by atoms with Crippen LogP contribution < -0.4 is 5.32 Å². The molecule has 0 aliphatic carbocycles. The summed E-state index contributed by atoms with van der Waals surface area (Å²) in [6.07, 6.45) is 0.801. The molecule has 0 spiro atoms. The van der Waals surface area contributed by atoms with E-state index >= 15 is 0 Å². The highest BCUT2D eigenvalue weighted by molar-refractivity contribution is 5.95. The Hall–Kier alpha value is -2.02. The SMILES string of the molecule is CCN(C(=O)c1cc([N+](=O)[O-])cc(C)c1F)C1CCNC1. The van der Waals surface area contributed by atoms with Gasteiger partial charge in [0.25, 0.3) is 11.6 Å². The van der Waals surface area contributed by atoms with Gasteiger partial charge in [-0.2, -0.15) is 0 Å². The van der Waals surface area contributed by atoms with E-state index in [1.165, 1.54) is 6.92 Å². The minimum absolute atomic E-state index is 0.00136. The van der Waals surface area contributed by atoms with Gasteiger partial charge in [0.15, 0.2) is 0 Å². The van der Waals surface area contributed by atoms with Crippen LogP contribution in [0, 0.1) is 22.9 Å². The molecule has 1 fully saturated rings. The number of carbonyl (C=O) groups is 1. The number of likely N-dealkylation sites (N-methyl/N-ethyl adjacent to an activating group) is 1. The first-order chi connectivity index (χ1) is 9.95. The van der Waals surface area contributed by atoms with Crippen molar-refractivity contribution in [2.24, 2.45) is 0 Å². The van der Waals surface area contributed by atoms with Gasteiger partial charge in [-0.25, -0.2) is 4.39 Å². The van der Waals surface area contributed by atoms with Crippen molar-refractivity contribution in [3.05, 3.63) is 39.2 Å². The van der Waals surface area contributed by atoms with Gasteiger partial charge in [-0.1, -0.05) is 0 Å². The van der Waals surface area contributed by atoms with Gasteiger partial charge in [0.2, 0.25) is 0 Å². The third-order valence-corrected chi connectivity index (χ3v) is 3.76. The van der Waals surface area contributed by atoms with Crippen molar-refractivity contribution in [2.75, 3.05) is 19.6 Å². The summed E-state index contributed by atoms with van der Waals surface area (Å²) in [5, 5.41) is 14.0. The molecule has 1 unspecified atom stereocenters. The molecule has 6 nitrogen and oxygen atoms in total. The molecule has 1 heterocycles. The largest absolute Gasteiger partial charge is 0.335 e. The summed E-state index contributed by atoms with van der Waals surface area (Å²) in [6, 6.07) is 2.16. The van der Waals surface area contributed by atoms with Crippen LogP contribution in [0.4, 0.5) is 10.1 Å². The van der Waals surface area contributed by atoms with Gasteiger partial charge in [-0.15, -0.1) is 0 Å². The van der Waals surface area contributed by atoms with Crippen LogP contribution in [-0.2, 0) is 0 Å². The van der Waals surface area contributed by atoms with Crippen LogP contribution in [0.1, 0.15) is 29.3 Å². The monoisotopic (exact) mass is 295 g/mol. The minimum Gasteiger partial charge on any atom is -0.335 e. The maximum absolute atomic E-state index is 14.2. The summed E-state index contributed by atoms with van der Waals surface area (Å²) in [4.78, 5) is 24.4. The number of hydrogen-bond acceptors (Lipinski definition) is 4. The molecule has 21 heavy (non-hydrogen) atoms. The average molecular weight is 295 g/mol. The zero-order chi connectivity index (χ0) is 15.6. The summed E-state index contributed by atoms with van der Waals surface area (Å²) in [5.41, 5.74) is -0.388. The molecule has 114 valence electrons. The smallest absolute Gasteiger partial charge is 0.270 e. The van der Waals surface area contributed by atoms with Gasteiger partial charge in [0.05, 0.1) is 10.5 Å². The Morgan fingerprint density at radius 1 is 1.57 bits per heavy atom. The standard InChI is InChI=1S/C14H18FN3O3/c1-3-17(10-4-5-16-8-10)14(19)12-7-11(18(20)21)6-9(2)13(12)15/h6-7,10,16H,3-5,8H2,1-2H3. The first-order valence-corrected chi connectivity index (χ1v) is 6.92. The van der Waals surface area contributed by atoms with Crippen LogP contribution in [0.25, 0.3) is 0 Å². The lowest BCUT2D eigenvalue weighted by Crippen LogP contribution is -2.41. The highest BCUT2D eigenvalue weighted by Crippen LogP contribution is 2.23. The van der Waals surface area contributed by atoms with E-state index in [4.69, 9.17) is 0 Å². The summed E-state index contributed by atoms with van der Waals surface area (Å²) < 4.78 is 14.2. The summed E-state index contributed by atoms with van der Waals surface area (Å²) in [7, 11) is 0. The van der Waals surface area contributed by atoms with Crippen molar-refractivity contribution in [1.82, 2.24) is 10.2 Å². The third-order valence-electron chi connectivity index (χ3n) is 3.76. The second-order valence-electron chi connectivity index (χ2n) is 5.12. The number of carbonyl (C=O) groups excluding carboxylic acids is 1. The fourth-order valence-corrected chi connectivity index (χ4v) is 2.64. The average Bonchev–Trinajstić information content (AvgIpc) is 2.96. The number of rotatable bonds is 4. The number of benzene rings is 1. The molecule has 0 saturated carbocycles. The van der Waals surface area contributed by atoms with E-state index in [-0.39, 0.29) is 22.9 Å². The van der Waals surface area contributed by atoms with Crippen LogP contribution in [0.3, 0.4) is 0 Å². The molecule has 0 aromatic heterocycles. The molecule has 1 aliphatic rings. The molecule has 1 amide bonds. The summed E-state index contributed by atoms with van der Waals surface area (Å²) in [6.45, 7) is 5.15. The highest BCUT2D eigenvalue weighted by atomic mass is 19.1. The molecule has 1 aromatic rings. The zero-order valence-electron chi connectivity index (χ0n) is 12.1. The molecule has 1 aromatic carbocycles. The van der Waals surface area contributed by atoms with Crippen LogP contribution in [0.5, 0.6) is 0 Å². The van der Waals surface area contributed by atoms with E-state index in [1.807, 2.05) is 6.92 Å². The van der Waals surface area contributed by atoms with Crippen molar-refractivity contribution < 1.29 is 14.1 Å². The van der Waals surface area contributed by atoms with Crippen LogP contribution in [0.2, 0.25) is 0 Å². The van der Waals surface area contributed by atoms with Crippen molar-refractivity contribution in [1.29, 1.82) is 0 Å². The molecular formula is C14H18FN3O3. The van der Waals surface area contributed by atoms with Crippen LogP contribution >= 0.6 is 0 Å². The molecule has 0 radical (unpaired) electrons. The first kappa shape index (κ1) is 15.4. The molecular weight excluding hydrogens is 277 g/mol. The van der Waals surface area contributed by atoms with Crippen molar-refractivity contribution in [2.45, 2.75) is 26.3 Å². The second-order valence-corrected chi connectivity index (χ2v) is 5.12. The Morgan fingerprint density at radius 2 is 2.29 bits per heavy atom. The Bertz CT molecular complexity index is 571. The van der Waals surface area contributed by atoms with E-state index in [1.54, 1.807) is 4.90 Å². The second kappa shape index (κ2) is 6.17. The molecule has 2 rings (SSSR count).